The number of aromatic amines is 1. The Kier molecular flexibility index (Phi) is 6.13. The Bertz CT molecular complexity index is 1650. The largest absolute Gasteiger partial charge is 0.471 e. The van der Waals surface area contributed by atoms with Gasteiger partial charge in [-0.3, -0.25) is 19.5 Å². The van der Waals surface area contributed by atoms with Crippen LogP contribution in [0.15, 0.2) is 59.9 Å². The summed E-state index contributed by atoms with van der Waals surface area (Å²) >= 11 is 0. The van der Waals surface area contributed by atoms with E-state index in [4.69, 9.17) is 4.74 Å². The summed E-state index contributed by atoms with van der Waals surface area (Å²) in [5, 5.41) is 0. The number of benzene rings is 2. The van der Waals surface area contributed by atoms with Gasteiger partial charge in [0.1, 0.15) is 17.2 Å². The highest BCUT2D eigenvalue weighted by molar-refractivity contribution is 7.90. The monoisotopic (exact) mass is 545 g/mol. The number of carbonyl (C=O) groups is 2. The maximum atomic E-state index is 13.0. The van der Waals surface area contributed by atoms with Gasteiger partial charge in [0.2, 0.25) is 5.91 Å². The fourth-order valence-electron chi connectivity index (χ4n) is 4.16. The number of fused-ring (bicyclic) bond motifs is 1. The minimum Gasteiger partial charge on any atom is -0.457 e. The van der Waals surface area contributed by atoms with Crippen molar-refractivity contribution in [3.8, 4) is 23.0 Å². The van der Waals surface area contributed by atoms with Crippen molar-refractivity contribution >= 4 is 32.7 Å². The zero-order chi connectivity index (χ0) is 27.2. The summed E-state index contributed by atoms with van der Waals surface area (Å²) in [5.41, 5.74) is 1.53. The van der Waals surface area contributed by atoms with E-state index in [1.165, 1.54) is 55.0 Å². The number of H-pyrrole nitrogens is 1. The van der Waals surface area contributed by atoms with Crippen molar-refractivity contribution in [1.82, 2.24) is 24.8 Å². The lowest BCUT2D eigenvalue weighted by Gasteiger charge is -2.18. The number of ether oxygens (including phenoxy) is 1. The zero-order valence-electron chi connectivity index (χ0n) is 19.6. The molecule has 1 aliphatic rings. The SMILES string of the molecule is CS(=O)(=O)c1ccc(Oc2cc3nc(-c4cnccn4)[nH]c3cc2C2CCN(C(=O)C(F)(F)F)C2=O)cc1. The summed E-state index contributed by atoms with van der Waals surface area (Å²) in [7, 11) is -3.45. The predicted molar refractivity (Wildman–Crippen MR) is 127 cm³/mol. The van der Waals surface area contributed by atoms with E-state index in [2.05, 4.69) is 19.9 Å². The molecule has 1 atom stereocenters. The van der Waals surface area contributed by atoms with Crippen LogP contribution in [0.4, 0.5) is 13.2 Å². The second-order valence-electron chi connectivity index (χ2n) is 8.56. The number of carbonyl (C=O) groups excluding carboxylic acids is 2. The summed E-state index contributed by atoms with van der Waals surface area (Å²) in [6, 6.07) is 8.55. The lowest BCUT2D eigenvalue weighted by atomic mass is 9.96. The molecule has 1 saturated heterocycles. The van der Waals surface area contributed by atoms with E-state index in [0.717, 1.165) is 6.26 Å². The summed E-state index contributed by atoms with van der Waals surface area (Å²) in [5.74, 6) is -3.63. The number of hydrogen-bond acceptors (Lipinski definition) is 8. The molecule has 0 bridgehead atoms. The average Bonchev–Trinajstić information content (AvgIpc) is 3.45. The first-order valence-corrected chi connectivity index (χ1v) is 13.0. The number of halogens is 3. The third kappa shape index (κ3) is 4.81. The number of sulfone groups is 1. The number of likely N-dealkylation sites (tertiary alicyclic amines) is 1. The van der Waals surface area contributed by atoms with E-state index >= 15 is 0 Å². The van der Waals surface area contributed by atoms with Crippen molar-refractivity contribution in [2.75, 3.05) is 12.8 Å². The summed E-state index contributed by atoms with van der Waals surface area (Å²) in [6.45, 7) is -0.407. The normalized spacial score (nSPS) is 16.3. The number of amides is 2. The van der Waals surface area contributed by atoms with Crippen molar-refractivity contribution in [3.05, 3.63) is 60.6 Å². The number of aromatic nitrogens is 4. The third-order valence-corrected chi connectivity index (χ3v) is 7.10. The quantitative estimate of drug-likeness (QED) is 0.402. The molecule has 1 unspecified atom stereocenters. The van der Waals surface area contributed by atoms with Crippen molar-refractivity contribution in [3.63, 3.8) is 0 Å². The fourth-order valence-corrected chi connectivity index (χ4v) is 4.79. The Morgan fingerprint density at radius 3 is 2.53 bits per heavy atom. The van der Waals surface area contributed by atoms with Crippen LogP contribution in [0, 0.1) is 0 Å². The predicted octanol–water partition coefficient (Wildman–Crippen LogP) is 3.62. The number of imidazole rings is 1. The number of imide groups is 1. The van der Waals surface area contributed by atoms with Crippen molar-refractivity contribution in [1.29, 1.82) is 0 Å². The van der Waals surface area contributed by atoms with Gasteiger partial charge in [0.15, 0.2) is 15.7 Å². The molecule has 3 heterocycles. The number of alkyl halides is 3. The Hall–Kier alpha value is -4.33. The minimum absolute atomic E-state index is 0.0549. The van der Waals surface area contributed by atoms with Gasteiger partial charge in [0.25, 0.3) is 0 Å². The van der Waals surface area contributed by atoms with Crippen LogP contribution in [0.3, 0.4) is 0 Å². The molecule has 38 heavy (non-hydrogen) atoms. The molecular weight excluding hydrogens is 527 g/mol. The molecule has 14 heteroatoms. The maximum absolute atomic E-state index is 13.0. The zero-order valence-corrected chi connectivity index (χ0v) is 20.4. The molecule has 1 N–H and O–H groups in total. The molecule has 5 rings (SSSR count). The second-order valence-corrected chi connectivity index (χ2v) is 10.6. The number of nitrogens with one attached hydrogen (secondary N) is 1. The Morgan fingerprint density at radius 1 is 1.16 bits per heavy atom. The van der Waals surface area contributed by atoms with Gasteiger partial charge < -0.3 is 9.72 Å². The third-order valence-electron chi connectivity index (χ3n) is 5.97. The summed E-state index contributed by atoms with van der Waals surface area (Å²) in [4.78, 5) is 40.7. The highest BCUT2D eigenvalue weighted by Crippen LogP contribution is 2.40. The van der Waals surface area contributed by atoms with Crippen LogP contribution >= 0.6 is 0 Å². The van der Waals surface area contributed by atoms with Gasteiger partial charge in [-0.2, -0.15) is 13.2 Å². The van der Waals surface area contributed by atoms with Gasteiger partial charge in [0.05, 0.1) is 28.0 Å². The van der Waals surface area contributed by atoms with Gasteiger partial charge in [-0.1, -0.05) is 0 Å². The minimum atomic E-state index is -5.19. The van der Waals surface area contributed by atoms with Gasteiger partial charge in [-0.15, -0.1) is 0 Å². The lowest BCUT2D eigenvalue weighted by molar-refractivity contribution is -0.186. The van der Waals surface area contributed by atoms with Gasteiger partial charge >= 0.3 is 12.1 Å². The van der Waals surface area contributed by atoms with Gasteiger partial charge in [-0.05, 0) is 36.8 Å². The molecule has 0 aliphatic carbocycles. The standard InChI is InChI=1S/C24H18F3N5O5S/c1-38(35,36)14-4-2-13(3-5-14)37-20-11-18-17(30-21(31-18)19-12-28-7-8-29-19)10-16(20)15-6-9-32(22(15)33)23(34)24(25,26)27/h2-5,7-8,10-12,15H,6,9H2,1H3,(H,30,31). The Labute approximate surface area is 213 Å². The highest BCUT2D eigenvalue weighted by Gasteiger charge is 2.49. The van der Waals surface area contributed by atoms with Crippen LogP contribution in [0.1, 0.15) is 17.9 Å². The van der Waals surface area contributed by atoms with Crippen LogP contribution in [0.5, 0.6) is 11.5 Å². The molecule has 0 radical (unpaired) electrons. The molecule has 10 nitrogen and oxygen atoms in total. The average molecular weight is 545 g/mol. The molecule has 4 aromatic rings. The second kappa shape index (κ2) is 9.20. The van der Waals surface area contributed by atoms with Crippen LogP contribution < -0.4 is 4.74 Å². The van der Waals surface area contributed by atoms with E-state index in [0.29, 0.717) is 22.6 Å². The van der Waals surface area contributed by atoms with Gasteiger partial charge in [-0.25, -0.2) is 18.4 Å². The Morgan fingerprint density at radius 2 is 1.89 bits per heavy atom. The fraction of sp³-hybridized carbons (Fsp3) is 0.208. The molecule has 196 valence electrons. The van der Waals surface area contributed by atoms with Crippen LogP contribution in [-0.2, 0) is 19.4 Å². The number of rotatable bonds is 5. The van der Waals surface area contributed by atoms with Crippen molar-refractivity contribution in [2.45, 2.75) is 23.4 Å². The highest BCUT2D eigenvalue weighted by atomic mass is 32.2. The van der Waals surface area contributed by atoms with Crippen molar-refractivity contribution < 1.29 is 35.9 Å². The first kappa shape index (κ1) is 25.3. The molecule has 2 aromatic carbocycles. The molecular formula is C24H18F3N5O5S. The van der Waals surface area contributed by atoms with Crippen molar-refractivity contribution in [2.24, 2.45) is 0 Å². The van der Waals surface area contributed by atoms with E-state index in [1.807, 2.05) is 0 Å². The van der Waals surface area contributed by atoms with E-state index in [1.54, 1.807) is 0 Å². The molecule has 2 amide bonds. The topological polar surface area (TPSA) is 135 Å². The van der Waals surface area contributed by atoms with Crippen LogP contribution in [0.25, 0.3) is 22.6 Å². The maximum Gasteiger partial charge on any atom is 0.471 e. The molecule has 0 spiro atoms. The van der Waals surface area contributed by atoms with Crippen LogP contribution in [-0.4, -0.2) is 64.0 Å². The molecule has 1 aliphatic heterocycles. The first-order chi connectivity index (χ1) is 17.9. The smallest absolute Gasteiger partial charge is 0.457 e. The number of nitrogens with zero attached hydrogens (tertiary/aromatic N) is 4. The summed E-state index contributed by atoms with van der Waals surface area (Å²) < 4.78 is 68.6. The van der Waals surface area contributed by atoms with E-state index in [9.17, 15) is 31.2 Å². The molecule has 0 saturated carbocycles. The van der Waals surface area contributed by atoms with E-state index < -0.39 is 40.3 Å². The Balaban J connectivity index is 1.57. The van der Waals surface area contributed by atoms with Gasteiger partial charge in [0, 0.05) is 36.8 Å². The van der Waals surface area contributed by atoms with E-state index in [-0.39, 0.29) is 33.3 Å². The first-order valence-electron chi connectivity index (χ1n) is 11.1. The number of hydrogen-bond donors (Lipinski definition) is 1. The molecule has 2 aromatic heterocycles. The summed E-state index contributed by atoms with van der Waals surface area (Å²) in [6.07, 6.45) is 0.267. The van der Waals surface area contributed by atoms with Crippen LogP contribution in [0.2, 0.25) is 0 Å². The molecule has 1 fully saturated rings. The lowest BCUT2D eigenvalue weighted by Crippen LogP contribution is -2.42.